The van der Waals surface area contributed by atoms with Gasteiger partial charge >= 0.3 is 6.18 Å². The van der Waals surface area contributed by atoms with E-state index >= 15 is 0 Å². The van der Waals surface area contributed by atoms with Crippen molar-refractivity contribution in [3.8, 4) is 0 Å². The number of carbonyl (C=O) groups excluding carboxylic acids is 1. The Hall–Kier alpha value is -2.46. The molecule has 0 unspecified atom stereocenters. The number of rotatable bonds is 6. The Morgan fingerprint density at radius 3 is 2.35 bits per heavy atom. The molecule has 10 heteroatoms. The molecule has 0 aliphatic rings. The number of hydrogen-bond acceptors (Lipinski definition) is 4. The summed E-state index contributed by atoms with van der Waals surface area (Å²) in [5.74, 6) is -0.668. The number of sulfonamides is 1. The molecular formula is C16H16F3N3O3S. The number of nitrogens with one attached hydrogen (secondary N) is 1. The predicted octanol–water partition coefficient (Wildman–Crippen LogP) is 2.50. The number of carbonyl (C=O) groups is 1. The third-order valence-corrected chi connectivity index (χ3v) is 4.56. The fourth-order valence-electron chi connectivity index (χ4n) is 2.09. The van der Waals surface area contributed by atoms with Crippen molar-refractivity contribution in [3.05, 3.63) is 59.9 Å². The zero-order valence-corrected chi connectivity index (χ0v) is 14.5. The highest BCUT2D eigenvalue weighted by Gasteiger charge is 2.30. The molecule has 0 fully saturated rings. The monoisotopic (exact) mass is 387 g/mol. The van der Waals surface area contributed by atoms with Gasteiger partial charge in [-0.1, -0.05) is 6.07 Å². The van der Waals surface area contributed by atoms with Crippen molar-refractivity contribution >= 4 is 21.6 Å². The van der Waals surface area contributed by atoms with Crippen molar-refractivity contribution in [1.29, 1.82) is 0 Å². The van der Waals surface area contributed by atoms with E-state index < -0.39 is 34.2 Å². The third kappa shape index (κ3) is 5.81. The van der Waals surface area contributed by atoms with Crippen molar-refractivity contribution < 1.29 is 26.4 Å². The normalized spacial score (nSPS) is 12.2. The minimum Gasteiger partial charge on any atom is -0.325 e. The maximum atomic E-state index is 12.5. The number of amides is 1. The van der Waals surface area contributed by atoms with Crippen molar-refractivity contribution in [3.63, 3.8) is 0 Å². The number of nitrogens with zero attached hydrogens (tertiary/aromatic N) is 2. The van der Waals surface area contributed by atoms with Gasteiger partial charge in [-0.2, -0.15) is 17.5 Å². The van der Waals surface area contributed by atoms with E-state index in [1.807, 2.05) is 0 Å². The Kier molecular flexibility index (Phi) is 5.98. The minimum atomic E-state index is -4.47. The Labute approximate surface area is 148 Å². The fourth-order valence-corrected chi connectivity index (χ4v) is 2.82. The molecule has 0 aliphatic heterocycles. The molecule has 26 heavy (non-hydrogen) atoms. The molecule has 0 atom stereocenters. The standard InChI is InChI=1S/C16H16F3N3O3S/c1-26(24,25)22(10-12-3-2-8-20-9-12)11-15(23)21-14-6-4-13(5-7-14)16(17,18)19/h2-9H,10-11H2,1H3,(H,21,23). The molecule has 0 spiro atoms. The van der Waals surface area contributed by atoms with Crippen LogP contribution in [0.5, 0.6) is 0 Å². The third-order valence-electron chi connectivity index (χ3n) is 3.37. The summed E-state index contributed by atoms with van der Waals surface area (Å²) in [6.45, 7) is -0.526. The fraction of sp³-hybridized carbons (Fsp3) is 0.250. The van der Waals surface area contributed by atoms with Crippen LogP contribution in [0.25, 0.3) is 0 Å². The molecule has 1 N–H and O–H groups in total. The number of aromatic nitrogens is 1. The van der Waals surface area contributed by atoms with E-state index in [0.717, 1.165) is 34.8 Å². The van der Waals surface area contributed by atoms with Crippen LogP contribution in [0.3, 0.4) is 0 Å². The number of anilines is 1. The molecule has 140 valence electrons. The molecular weight excluding hydrogens is 371 g/mol. The summed E-state index contributed by atoms with van der Waals surface area (Å²) in [4.78, 5) is 16.0. The summed E-state index contributed by atoms with van der Waals surface area (Å²) in [7, 11) is -3.68. The van der Waals surface area contributed by atoms with E-state index in [9.17, 15) is 26.4 Å². The molecule has 0 aliphatic carbocycles. The lowest BCUT2D eigenvalue weighted by molar-refractivity contribution is -0.137. The Morgan fingerprint density at radius 1 is 1.19 bits per heavy atom. The highest BCUT2D eigenvalue weighted by molar-refractivity contribution is 7.88. The molecule has 6 nitrogen and oxygen atoms in total. The lowest BCUT2D eigenvalue weighted by Gasteiger charge is -2.19. The highest BCUT2D eigenvalue weighted by atomic mass is 32.2. The van der Waals surface area contributed by atoms with Gasteiger partial charge in [0.05, 0.1) is 18.4 Å². The average molecular weight is 387 g/mol. The number of hydrogen-bond donors (Lipinski definition) is 1. The summed E-state index contributed by atoms with van der Waals surface area (Å²) >= 11 is 0. The summed E-state index contributed by atoms with van der Waals surface area (Å²) in [5, 5.41) is 2.38. The van der Waals surface area contributed by atoms with Crippen LogP contribution in [0, 0.1) is 0 Å². The maximum Gasteiger partial charge on any atom is 0.416 e. The number of alkyl halides is 3. The molecule has 2 aromatic rings. The largest absolute Gasteiger partial charge is 0.416 e. The first-order valence-electron chi connectivity index (χ1n) is 7.37. The number of halogens is 3. The van der Waals surface area contributed by atoms with Gasteiger partial charge in [-0.05, 0) is 35.9 Å². The second kappa shape index (κ2) is 7.83. The molecule has 0 saturated carbocycles. The van der Waals surface area contributed by atoms with Crippen molar-refractivity contribution in [2.75, 3.05) is 18.1 Å². The van der Waals surface area contributed by atoms with Crippen LogP contribution in [0.1, 0.15) is 11.1 Å². The molecule has 1 aromatic carbocycles. The summed E-state index contributed by atoms with van der Waals surface area (Å²) in [5.41, 5.74) is -0.108. The average Bonchev–Trinajstić information content (AvgIpc) is 2.54. The quantitative estimate of drug-likeness (QED) is 0.826. The van der Waals surface area contributed by atoms with Gasteiger partial charge in [0.1, 0.15) is 0 Å². The SMILES string of the molecule is CS(=O)(=O)N(CC(=O)Nc1ccc(C(F)(F)F)cc1)Cc1cccnc1. The van der Waals surface area contributed by atoms with Crippen molar-refractivity contribution in [2.45, 2.75) is 12.7 Å². The molecule has 1 aromatic heterocycles. The van der Waals surface area contributed by atoms with Crippen molar-refractivity contribution in [2.24, 2.45) is 0 Å². The van der Waals surface area contributed by atoms with Crippen LogP contribution in [-0.2, 0) is 27.5 Å². The Morgan fingerprint density at radius 2 is 1.85 bits per heavy atom. The predicted molar refractivity (Wildman–Crippen MR) is 89.6 cm³/mol. The smallest absolute Gasteiger partial charge is 0.325 e. The van der Waals surface area contributed by atoms with E-state index in [4.69, 9.17) is 0 Å². The zero-order chi connectivity index (χ0) is 19.4. The van der Waals surface area contributed by atoms with Gasteiger partial charge in [0.15, 0.2) is 0 Å². The number of pyridine rings is 1. The molecule has 0 saturated heterocycles. The van der Waals surface area contributed by atoms with Crippen LogP contribution in [-0.4, -0.2) is 36.4 Å². The van der Waals surface area contributed by atoms with Crippen LogP contribution in [0.15, 0.2) is 48.8 Å². The van der Waals surface area contributed by atoms with Gasteiger partial charge in [-0.25, -0.2) is 8.42 Å². The van der Waals surface area contributed by atoms with E-state index in [-0.39, 0.29) is 12.2 Å². The second-order valence-corrected chi connectivity index (χ2v) is 7.50. The van der Waals surface area contributed by atoms with E-state index in [0.29, 0.717) is 5.56 Å². The first kappa shape index (κ1) is 19.9. The lowest BCUT2D eigenvalue weighted by atomic mass is 10.2. The van der Waals surface area contributed by atoms with Crippen molar-refractivity contribution in [1.82, 2.24) is 9.29 Å². The zero-order valence-electron chi connectivity index (χ0n) is 13.7. The van der Waals surface area contributed by atoms with Gasteiger partial charge < -0.3 is 5.32 Å². The van der Waals surface area contributed by atoms with Crippen LogP contribution >= 0.6 is 0 Å². The maximum absolute atomic E-state index is 12.5. The first-order valence-corrected chi connectivity index (χ1v) is 9.21. The molecule has 1 amide bonds. The topological polar surface area (TPSA) is 79.4 Å². The second-order valence-electron chi connectivity index (χ2n) is 5.52. The van der Waals surface area contributed by atoms with Crippen LogP contribution < -0.4 is 5.32 Å². The summed E-state index contributed by atoms with van der Waals surface area (Å²) < 4.78 is 62.3. The minimum absolute atomic E-state index is 0.0485. The molecule has 0 bridgehead atoms. The Balaban J connectivity index is 2.05. The molecule has 2 rings (SSSR count). The van der Waals surface area contributed by atoms with E-state index in [2.05, 4.69) is 10.3 Å². The summed E-state index contributed by atoms with van der Waals surface area (Å²) in [6, 6.07) is 7.18. The lowest BCUT2D eigenvalue weighted by Crippen LogP contribution is -2.36. The first-order chi connectivity index (χ1) is 12.1. The van der Waals surface area contributed by atoms with Crippen LogP contribution in [0.4, 0.5) is 18.9 Å². The van der Waals surface area contributed by atoms with E-state index in [1.54, 1.807) is 12.1 Å². The summed E-state index contributed by atoms with van der Waals surface area (Å²) in [6.07, 6.45) is -0.494. The Bertz CT molecular complexity index is 854. The number of benzene rings is 1. The highest BCUT2D eigenvalue weighted by Crippen LogP contribution is 2.29. The van der Waals surface area contributed by atoms with Crippen LogP contribution in [0.2, 0.25) is 0 Å². The molecule has 0 radical (unpaired) electrons. The van der Waals surface area contributed by atoms with Gasteiger partial charge in [0.25, 0.3) is 0 Å². The van der Waals surface area contributed by atoms with E-state index in [1.165, 1.54) is 12.4 Å². The van der Waals surface area contributed by atoms with Gasteiger partial charge in [-0.3, -0.25) is 9.78 Å². The van der Waals surface area contributed by atoms with Gasteiger partial charge in [0.2, 0.25) is 15.9 Å². The van der Waals surface area contributed by atoms with Gasteiger partial charge in [0, 0.05) is 24.6 Å². The van der Waals surface area contributed by atoms with Gasteiger partial charge in [-0.15, -0.1) is 0 Å². The molecule has 1 heterocycles.